The van der Waals surface area contributed by atoms with Gasteiger partial charge in [-0.25, -0.2) is 4.39 Å². The molecule has 104 valence electrons. The number of hydrogen-bond donors (Lipinski definition) is 0. The number of rotatable bonds is 3. The van der Waals surface area contributed by atoms with Gasteiger partial charge < -0.3 is 9.42 Å². The van der Waals surface area contributed by atoms with Crippen LogP contribution in [0.5, 0.6) is 0 Å². The lowest BCUT2D eigenvalue weighted by Crippen LogP contribution is -2.23. The minimum absolute atomic E-state index is 0.190. The van der Waals surface area contributed by atoms with Crippen LogP contribution in [0.3, 0.4) is 0 Å². The van der Waals surface area contributed by atoms with Crippen molar-refractivity contribution in [3.63, 3.8) is 0 Å². The average Bonchev–Trinajstić information content (AvgIpc) is 2.87. The van der Waals surface area contributed by atoms with Crippen molar-refractivity contribution in [2.45, 2.75) is 11.8 Å². The standard InChI is InChI=1S/C14H13ClFN3O/c15-5-12-17-14(18-20-12)13-10-6-19(7-11(10)13)9-3-1-2-8(16)4-9/h1-4,10-11,13H,5-7H2/t10-,11+,13?. The molecule has 1 aromatic heterocycles. The fraction of sp³-hybridized carbons (Fsp3) is 0.429. The Labute approximate surface area is 120 Å². The van der Waals surface area contributed by atoms with E-state index in [1.54, 1.807) is 12.1 Å². The Bertz CT molecular complexity index is 635. The second kappa shape index (κ2) is 4.45. The summed E-state index contributed by atoms with van der Waals surface area (Å²) < 4.78 is 18.3. The smallest absolute Gasteiger partial charge is 0.241 e. The maximum atomic E-state index is 13.2. The van der Waals surface area contributed by atoms with E-state index in [1.807, 2.05) is 6.07 Å². The Morgan fingerprint density at radius 1 is 1.35 bits per heavy atom. The molecule has 2 aliphatic rings. The molecule has 2 heterocycles. The van der Waals surface area contributed by atoms with Crippen LogP contribution in [0.15, 0.2) is 28.8 Å². The van der Waals surface area contributed by atoms with Gasteiger partial charge in [0, 0.05) is 24.7 Å². The fourth-order valence-electron chi connectivity index (χ4n) is 3.25. The molecule has 6 heteroatoms. The molecule has 20 heavy (non-hydrogen) atoms. The number of hydrogen-bond acceptors (Lipinski definition) is 4. The van der Waals surface area contributed by atoms with Gasteiger partial charge in [0.05, 0.1) is 0 Å². The molecular formula is C14H13ClFN3O. The van der Waals surface area contributed by atoms with E-state index >= 15 is 0 Å². The molecule has 1 aliphatic heterocycles. The van der Waals surface area contributed by atoms with Crippen LogP contribution < -0.4 is 4.90 Å². The van der Waals surface area contributed by atoms with Crippen LogP contribution in [-0.2, 0) is 5.88 Å². The first kappa shape index (κ1) is 12.1. The molecule has 1 aromatic carbocycles. The minimum Gasteiger partial charge on any atom is -0.371 e. The molecule has 1 unspecified atom stereocenters. The second-order valence-electron chi connectivity index (χ2n) is 5.42. The Balaban J connectivity index is 1.46. The van der Waals surface area contributed by atoms with E-state index in [-0.39, 0.29) is 11.7 Å². The van der Waals surface area contributed by atoms with Crippen molar-refractivity contribution in [3.05, 3.63) is 41.8 Å². The summed E-state index contributed by atoms with van der Waals surface area (Å²) >= 11 is 5.66. The molecule has 3 atom stereocenters. The normalized spacial score (nSPS) is 27.7. The van der Waals surface area contributed by atoms with E-state index in [1.165, 1.54) is 6.07 Å². The molecule has 1 saturated carbocycles. The van der Waals surface area contributed by atoms with E-state index in [2.05, 4.69) is 15.0 Å². The quantitative estimate of drug-likeness (QED) is 0.816. The van der Waals surface area contributed by atoms with Crippen molar-refractivity contribution < 1.29 is 8.91 Å². The zero-order valence-electron chi connectivity index (χ0n) is 10.7. The van der Waals surface area contributed by atoms with Gasteiger partial charge in [0.2, 0.25) is 5.89 Å². The van der Waals surface area contributed by atoms with Crippen molar-refractivity contribution in [1.82, 2.24) is 10.1 Å². The SMILES string of the molecule is Fc1cccc(N2C[C@@H]3C(c4noc(CCl)n4)[C@@H]3C2)c1. The molecule has 0 amide bonds. The topological polar surface area (TPSA) is 42.2 Å². The third-order valence-corrected chi connectivity index (χ3v) is 4.49. The first-order chi connectivity index (χ1) is 9.76. The number of nitrogens with zero attached hydrogens (tertiary/aromatic N) is 3. The van der Waals surface area contributed by atoms with Crippen molar-refractivity contribution >= 4 is 17.3 Å². The number of halogens is 2. The molecule has 1 aliphatic carbocycles. The third kappa shape index (κ3) is 1.88. The first-order valence-corrected chi connectivity index (χ1v) is 7.18. The van der Waals surface area contributed by atoms with Gasteiger partial charge in [0.15, 0.2) is 5.82 Å². The van der Waals surface area contributed by atoms with Crippen molar-refractivity contribution in [2.75, 3.05) is 18.0 Å². The number of anilines is 1. The number of alkyl halides is 1. The molecule has 2 fully saturated rings. The lowest BCUT2D eigenvalue weighted by atomic mass is 10.2. The van der Waals surface area contributed by atoms with Crippen molar-refractivity contribution in [3.8, 4) is 0 Å². The van der Waals surface area contributed by atoms with Gasteiger partial charge in [-0.3, -0.25) is 0 Å². The number of aromatic nitrogens is 2. The Morgan fingerprint density at radius 3 is 2.80 bits per heavy atom. The van der Waals surface area contributed by atoms with Crippen molar-refractivity contribution in [2.24, 2.45) is 11.8 Å². The summed E-state index contributed by atoms with van der Waals surface area (Å²) in [6.45, 7) is 1.84. The van der Waals surface area contributed by atoms with Crippen LogP contribution >= 0.6 is 11.6 Å². The third-order valence-electron chi connectivity index (χ3n) is 4.26. The summed E-state index contributed by atoms with van der Waals surface area (Å²) in [7, 11) is 0. The van der Waals surface area contributed by atoms with E-state index in [4.69, 9.17) is 16.1 Å². The highest BCUT2D eigenvalue weighted by molar-refractivity contribution is 6.16. The summed E-state index contributed by atoms with van der Waals surface area (Å²) in [6, 6.07) is 6.75. The number of piperidine rings is 1. The van der Waals surface area contributed by atoms with E-state index in [9.17, 15) is 4.39 Å². The monoisotopic (exact) mass is 293 g/mol. The molecular weight excluding hydrogens is 281 g/mol. The molecule has 1 saturated heterocycles. The lowest BCUT2D eigenvalue weighted by Gasteiger charge is -2.21. The van der Waals surface area contributed by atoms with E-state index in [0.29, 0.717) is 23.6 Å². The van der Waals surface area contributed by atoms with Gasteiger partial charge in [0.25, 0.3) is 0 Å². The van der Waals surface area contributed by atoms with Crippen LogP contribution in [0, 0.1) is 17.7 Å². The van der Waals surface area contributed by atoms with E-state index < -0.39 is 0 Å². The van der Waals surface area contributed by atoms with Crippen LogP contribution in [0.25, 0.3) is 0 Å². The molecule has 2 aromatic rings. The Kier molecular flexibility index (Phi) is 2.70. The molecule has 0 radical (unpaired) electrons. The largest absolute Gasteiger partial charge is 0.371 e. The summed E-state index contributed by atoms with van der Waals surface area (Å²) in [4.78, 5) is 6.52. The van der Waals surface area contributed by atoms with E-state index in [0.717, 1.165) is 24.6 Å². The summed E-state index contributed by atoms with van der Waals surface area (Å²) in [5, 5.41) is 3.99. The minimum atomic E-state index is -0.190. The van der Waals surface area contributed by atoms with Gasteiger partial charge in [-0.15, -0.1) is 11.6 Å². The van der Waals surface area contributed by atoms with Crippen LogP contribution in [0.1, 0.15) is 17.6 Å². The molecule has 4 rings (SSSR count). The zero-order valence-corrected chi connectivity index (χ0v) is 11.4. The first-order valence-electron chi connectivity index (χ1n) is 6.65. The highest BCUT2D eigenvalue weighted by atomic mass is 35.5. The van der Waals surface area contributed by atoms with Gasteiger partial charge in [0.1, 0.15) is 11.7 Å². The molecule has 4 nitrogen and oxygen atoms in total. The summed E-state index contributed by atoms with van der Waals surface area (Å²) in [5.74, 6) is 2.77. The number of fused-ring (bicyclic) bond motifs is 1. The Morgan fingerprint density at radius 2 is 2.15 bits per heavy atom. The highest BCUT2D eigenvalue weighted by Crippen LogP contribution is 2.57. The van der Waals surface area contributed by atoms with Crippen molar-refractivity contribution in [1.29, 1.82) is 0 Å². The zero-order chi connectivity index (χ0) is 13.7. The second-order valence-corrected chi connectivity index (χ2v) is 5.69. The molecule has 0 bridgehead atoms. The lowest BCUT2D eigenvalue weighted by molar-refractivity contribution is 0.383. The van der Waals surface area contributed by atoms with Gasteiger partial charge >= 0.3 is 0 Å². The predicted octanol–water partition coefficient (Wildman–Crippen LogP) is 2.80. The average molecular weight is 294 g/mol. The summed E-state index contributed by atoms with van der Waals surface area (Å²) in [6.07, 6.45) is 0. The number of benzene rings is 1. The van der Waals surface area contributed by atoms with Gasteiger partial charge in [-0.1, -0.05) is 11.2 Å². The summed E-state index contributed by atoms with van der Waals surface area (Å²) in [5.41, 5.74) is 0.950. The fourth-order valence-corrected chi connectivity index (χ4v) is 3.36. The maximum absolute atomic E-state index is 13.2. The Hall–Kier alpha value is -1.62. The van der Waals surface area contributed by atoms with Gasteiger partial charge in [-0.05, 0) is 30.0 Å². The van der Waals surface area contributed by atoms with Gasteiger partial charge in [-0.2, -0.15) is 4.98 Å². The molecule has 0 spiro atoms. The highest BCUT2D eigenvalue weighted by Gasteiger charge is 2.58. The van der Waals surface area contributed by atoms with Crippen LogP contribution in [-0.4, -0.2) is 23.2 Å². The predicted molar refractivity (Wildman–Crippen MR) is 72.2 cm³/mol. The van der Waals surface area contributed by atoms with Crippen LogP contribution in [0.4, 0.5) is 10.1 Å². The molecule has 0 N–H and O–H groups in total. The maximum Gasteiger partial charge on any atom is 0.241 e. The van der Waals surface area contributed by atoms with Crippen LogP contribution in [0.2, 0.25) is 0 Å².